The Morgan fingerprint density at radius 1 is 1.69 bits per heavy atom. The van der Waals surface area contributed by atoms with E-state index < -0.39 is 0 Å². The van der Waals surface area contributed by atoms with Crippen LogP contribution in [0.5, 0.6) is 0 Å². The summed E-state index contributed by atoms with van der Waals surface area (Å²) in [5.41, 5.74) is 0. The van der Waals surface area contributed by atoms with E-state index in [0.717, 1.165) is 18.0 Å². The SMILES string of the molecule is CCCC(C)N(C)C(=NC#N)SC. The summed E-state index contributed by atoms with van der Waals surface area (Å²) in [5.74, 6) is 0. The van der Waals surface area contributed by atoms with Crippen LogP contribution in [0.1, 0.15) is 26.7 Å². The van der Waals surface area contributed by atoms with Crippen LogP contribution in [0.2, 0.25) is 0 Å². The topological polar surface area (TPSA) is 39.4 Å². The van der Waals surface area contributed by atoms with Gasteiger partial charge in [0.15, 0.2) is 5.17 Å². The molecule has 4 heteroatoms. The van der Waals surface area contributed by atoms with Crippen LogP contribution >= 0.6 is 11.8 Å². The highest BCUT2D eigenvalue weighted by Gasteiger charge is 2.11. The molecular weight excluding hydrogens is 182 g/mol. The van der Waals surface area contributed by atoms with Gasteiger partial charge in [0.2, 0.25) is 6.19 Å². The van der Waals surface area contributed by atoms with Crippen molar-refractivity contribution in [2.45, 2.75) is 32.7 Å². The van der Waals surface area contributed by atoms with Gasteiger partial charge in [-0.1, -0.05) is 25.1 Å². The monoisotopic (exact) mass is 199 g/mol. The van der Waals surface area contributed by atoms with Crippen molar-refractivity contribution in [2.75, 3.05) is 13.3 Å². The molecule has 0 amide bonds. The average Bonchev–Trinajstić information content (AvgIpc) is 2.13. The van der Waals surface area contributed by atoms with Gasteiger partial charge >= 0.3 is 0 Å². The first-order valence-electron chi connectivity index (χ1n) is 4.40. The highest BCUT2D eigenvalue weighted by atomic mass is 32.2. The molecule has 0 aliphatic carbocycles. The Morgan fingerprint density at radius 2 is 2.31 bits per heavy atom. The Bertz CT molecular complexity index is 207. The molecule has 1 atom stereocenters. The van der Waals surface area contributed by atoms with Gasteiger partial charge in [0.1, 0.15) is 0 Å². The van der Waals surface area contributed by atoms with E-state index in [1.54, 1.807) is 0 Å². The second kappa shape index (κ2) is 6.79. The molecule has 0 aliphatic heterocycles. The lowest BCUT2D eigenvalue weighted by molar-refractivity contribution is 0.373. The van der Waals surface area contributed by atoms with E-state index in [4.69, 9.17) is 5.26 Å². The van der Waals surface area contributed by atoms with Gasteiger partial charge < -0.3 is 4.90 Å². The number of thioether (sulfide) groups is 1. The zero-order valence-electron chi connectivity index (χ0n) is 8.74. The van der Waals surface area contributed by atoms with Crippen LogP contribution < -0.4 is 0 Å². The van der Waals surface area contributed by atoms with Crippen molar-refractivity contribution in [3.05, 3.63) is 0 Å². The molecule has 0 fully saturated rings. The van der Waals surface area contributed by atoms with E-state index in [9.17, 15) is 0 Å². The van der Waals surface area contributed by atoms with Crippen LogP contribution in [0, 0.1) is 11.5 Å². The molecule has 0 radical (unpaired) electrons. The number of hydrogen-bond acceptors (Lipinski definition) is 3. The van der Waals surface area contributed by atoms with Gasteiger partial charge in [-0.2, -0.15) is 5.26 Å². The molecule has 1 unspecified atom stereocenters. The summed E-state index contributed by atoms with van der Waals surface area (Å²) in [6.07, 6.45) is 6.04. The van der Waals surface area contributed by atoms with Crippen LogP contribution in [0.25, 0.3) is 0 Å². The molecule has 0 aromatic rings. The number of nitrogens with zero attached hydrogens (tertiary/aromatic N) is 3. The fourth-order valence-corrected chi connectivity index (χ4v) is 1.71. The van der Waals surface area contributed by atoms with Crippen molar-refractivity contribution in [1.29, 1.82) is 5.26 Å². The van der Waals surface area contributed by atoms with Crippen molar-refractivity contribution in [3.8, 4) is 6.19 Å². The molecule has 0 saturated carbocycles. The van der Waals surface area contributed by atoms with Crippen LogP contribution in [0.15, 0.2) is 4.99 Å². The van der Waals surface area contributed by atoms with Crippen molar-refractivity contribution in [3.63, 3.8) is 0 Å². The minimum absolute atomic E-state index is 0.449. The fourth-order valence-electron chi connectivity index (χ4n) is 1.11. The van der Waals surface area contributed by atoms with E-state index in [2.05, 4.69) is 23.7 Å². The van der Waals surface area contributed by atoms with Crippen LogP contribution in [0.3, 0.4) is 0 Å². The van der Waals surface area contributed by atoms with Crippen LogP contribution in [-0.2, 0) is 0 Å². The first kappa shape index (κ1) is 12.3. The van der Waals surface area contributed by atoms with E-state index in [0.29, 0.717) is 6.04 Å². The van der Waals surface area contributed by atoms with E-state index in [1.807, 2.05) is 19.5 Å². The maximum absolute atomic E-state index is 8.45. The third-order valence-electron chi connectivity index (χ3n) is 2.00. The largest absolute Gasteiger partial charge is 0.351 e. The fraction of sp³-hybridized carbons (Fsp3) is 0.778. The standard InChI is InChI=1S/C9H17N3S/c1-5-6-8(2)12(3)9(13-4)11-7-10/h8H,5-6H2,1-4H3. The Kier molecular flexibility index (Phi) is 6.43. The maximum Gasteiger partial charge on any atom is 0.208 e. The minimum Gasteiger partial charge on any atom is -0.351 e. The van der Waals surface area contributed by atoms with Gasteiger partial charge in [0.05, 0.1) is 0 Å². The highest BCUT2D eigenvalue weighted by Crippen LogP contribution is 2.10. The highest BCUT2D eigenvalue weighted by molar-refractivity contribution is 8.13. The first-order chi connectivity index (χ1) is 6.17. The molecule has 13 heavy (non-hydrogen) atoms. The molecule has 74 valence electrons. The third-order valence-corrected chi connectivity index (χ3v) is 2.74. The van der Waals surface area contributed by atoms with E-state index >= 15 is 0 Å². The second-order valence-corrected chi connectivity index (χ2v) is 3.72. The lowest BCUT2D eigenvalue weighted by Gasteiger charge is -2.25. The summed E-state index contributed by atoms with van der Waals surface area (Å²) >= 11 is 1.51. The zero-order chi connectivity index (χ0) is 10.3. The quantitative estimate of drug-likeness (QED) is 0.398. The summed E-state index contributed by atoms with van der Waals surface area (Å²) in [4.78, 5) is 5.81. The lowest BCUT2D eigenvalue weighted by Crippen LogP contribution is -2.33. The number of aliphatic imine (C=N–C) groups is 1. The van der Waals surface area contributed by atoms with Crippen LogP contribution in [-0.4, -0.2) is 29.4 Å². The molecule has 0 aromatic heterocycles. The summed E-state index contributed by atoms with van der Waals surface area (Å²) in [7, 11) is 1.98. The molecule has 0 aromatic carbocycles. The summed E-state index contributed by atoms with van der Waals surface area (Å²) in [5, 5.41) is 9.25. The van der Waals surface area contributed by atoms with Gasteiger partial charge in [-0.3, -0.25) is 0 Å². The van der Waals surface area contributed by atoms with Gasteiger partial charge in [0, 0.05) is 13.1 Å². The van der Waals surface area contributed by atoms with Gasteiger partial charge in [-0.15, -0.1) is 4.99 Å². The Morgan fingerprint density at radius 3 is 2.69 bits per heavy atom. The maximum atomic E-state index is 8.45. The van der Waals surface area contributed by atoms with E-state index in [1.165, 1.54) is 11.8 Å². The molecular formula is C9H17N3S. The summed E-state index contributed by atoms with van der Waals surface area (Å²) in [6.45, 7) is 4.30. The second-order valence-electron chi connectivity index (χ2n) is 2.95. The molecule has 3 nitrogen and oxygen atoms in total. The number of rotatable bonds is 3. The van der Waals surface area contributed by atoms with Crippen molar-refractivity contribution in [2.24, 2.45) is 4.99 Å². The number of nitriles is 1. The van der Waals surface area contributed by atoms with Crippen LogP contribution in [0.4, 0.5) is 0 Å². The molecule has 0 spiro atoms. The predicted molar refractivity (Wildman–Crippen MR) is 58.7 cm³/mol. The molecule has 0 aliphatic rings. The van der Waals surface area contributed by atoms with Crippen molar-refractivity contribution in [1.82, 2.24) is 4.90 Å². The zero-order valence-corrected chi connectivity index (χ0v) is 9.56. The van der Waals surface area contributed by atoms with Gasteiger partial charge in [0.25, 0.3) is 0 Å². The van der Waals surface area contributed by atoms with Crippen molar-refractivity contribution < 1.29 is 0 Å². The average molecular weight is 199 g/mol. The first-order valence-corrected chi connectivity index (χ1v) is 5.63. The third kappa shape index (κ3) is 4.18. The van der Waals surface area contributed by atoms with Gasteiger partial charge in [-0.25, -0.2) is 0 Å². The lowest BCUT2D eigenvalue weighted by atomic mass is 10.2. The molecule has 0 saturated heterocycles. The van der Waals surface area contributed by atoms with E-state index in [-0.39, 0.29) is 0 Å². The predicted octanol–water partition coefficient (Wildman–Crippen LogP) is 2.31. The Balaban J connectivity index is 4.29. The smallest absolute Gasteiger partial charge is 0.208 e. The summed E-state index contributed by atoms with van der Waals surface area (Å²) in [6, 6.07) is 0.449. The molecule has 0 rings (SSSR count). The molecule has 0 bridgehead atoms. The number of hydrogen-bond donors (Lipinski definition) is 0. The minimum atomic E-state index is 0.449. The van der Waals surface area contributed by atoms with Crippen molar-refractivity contribution >= 4 is 16.9 Å². The summed E-state index contributed by atoms with van der Waals surface area (Å²) < 4.78 is 0. The normalized spacial score (nSPS) is 13.6. The Labute approximate surface area is 84.8 Å². The molecule has 0 heterocycles. The number of amidine groups is 1. The Hall–Kier alpha value is -0.690. The molecule has 0 N–H and O–H groups in total. The van der Waals surface area contributed by atoms with Gasteiger partial charge in [-0.05, 0) is 19.6 Å².